The molecule has 3 heterocycles. The van der Waals surface area contributed by atoms with Gasteiger partial charge in [0.1, 0.15) is 12.7 Å². The number of azo groups is 1. The number of nitrogens with zero attached hydrogens (tertiary/aromatic N) is 7. The minimum absolute atomic E-state index is 0.320. The number of carbonyl (C=O) groups excluding carboxylic acids is 1. The second-order valence-corrected chi connectivity index (χ2v) is 6.19. The van der Waals surface area contributed by atoms with Crippen LogP contribution in [-0.2, 0) is 9.53 Å². The highest BCUT2D eigenvalue weighted by Gasteiger charge is 2.40. The van der Waals surface area contributed by atoms with E-state index in [-0.39, 0.29) is 5.97 Å². The molecule has 3 rings (SSSR count). The molecule has 0 fully saturated rings. The van der Waals surface area contributed by atoms with Crippen LogP contribution in [0.15, 0.2) is 28.6 Å². The largest absolute Gasteiger partial charge is 0.464 e. The molecule has 0 radical (unpaired) electrons. The molecule has 2 aromatic heterocycles. The monoisotopic (exact) mass is 357 g/mol. The normalized spacial score (nSPS) is 20.8. The molecule has 9 nitrogen and oxygen atoms in total. The molecular formula is C17H23N7O2. The number of ether oxygens (including phenoxy) is 1. The summed E-state index contributed by atoms with van der Waals surface area (Å²) in [7, 11) is 0. The Morgan fingerprint density at radius 2 is 2.08 bits per heavy atom. The number of aromatic nitrogens is 4. The first kappa shape index (κ1) is 18.0. The van der Waals surface area contributed by atoms with Gasteiger partial charge in [-0.25, -0.2) is 19.7 Å². The molecule has 0 spiro atoms. The van der Waals surface area contributed by atoms with Crippen LogP contribution in [0.5, 0.6) is 0 Å². The Morgan fingerprint density at radius 3 is 2.77 bits per heavy atom. The van der Waals surface area contributed by atoms with E-state index in [1.165, 1.54) is 6.33 Å². The molecule has 0 amide bonds. The summed E-state index contributed by atoms with van der Waals surface area (Å²) in [6.45, 7) is 9.64. The van der Waals surface area contributed by atoms with Crippen LogP contribution in [0.25, 0.3) is 17.4 Å². The van der Waals surface area contributed by atoms with Gasteiger partial charge < -0.3 is 9.64 Å². The summed E-state index contributed by atoms with van der Waals surface area (Å²) in [5, 5.41) is 8.25. The van der Waals surface area contributed by atoms with Crippen LogP contribution in [0, 0.1) is 0 Å². The van der Waals surface area contributed by atoms with Gasteiger partial charge in [-0.05, 0) is 27.7 Å². The zero-order valence-electron chi connectivity index (χ0n) is 15.5. The number of imidazole rings is 1. The molecule has 138 valence electrons. The molecule has 1 aliphatic rings. The third-order valence-corrected chi connectivity index (χ3v) is 4.33. The Labute approximate surface area is 151 Å². The zero-order chi connectivity index (χ0) is 18.7. The van der Waals surface area contributed by atoms with Gasteiger partial charge in [-0.3, -0.25) is 4.57 Å². The minimum Gasteiger partial charge on any atom is -0.464 e. The Balaban J connectivity index is 1.91. The lowest BCUT2D eigenvalue weighted by Crippen LogP contribution is -2.32. The van der Waals surface area contributed by atoms with Crippen molar-refractivity contribution in [2.75, 3.05) is 24.6 Å². The maximum Gasteiger partial charge on any atom is 0.336 e. The Hall–Kier alpha value is -2.84. The van der Waals surface area contributed by atoms with E-state index in [1.54, 1.807) is 30.9 Å². The van der Waals surface area contributed by atoms with Crippen molar-refractivity contribution in [2.24, 2.45) is 10.2 Å². The third-order valence-electron chi connectivity index (χ3n) is 4.33. The van der Waals surface area contributed by atoms with E-state index in [9.17, 15) is 4.79 Å². The molecule has 0 saturated heterocycles. The Morgan fingerprint density at radius 1 is 1.31 bits per heavy atom. The Bertz CT molecular complexity index is 869. The lowest BCUT2D eigenvalue weighted by molar-refractivity contribution is -0.148. The number of anilines is 1. The van der Waals surface area contributed by atoms with Crippen molar-refractivity contribution in [3.05, 3.63) is 18.4 Å². The van der Waals surface area contributed by atoms with E-state index in [0.29, 0.717) is 24.4 Å². The van der Waals surface area contributed by atoms with E-state index in [4.69, 9.17) is 4.74 Å². The molecule has 1 unspecified atom stereocenters. The highest BCUT2D eigenvalue weighted by atomic mass is 16.5. The molecule has 0 aromatic carbocycles. The van der Waals surface area contributed by atoms with Gasteiger partial charge in [0.25, 0.3) is 0 Å². The first-order chi connectivity index (χ1) is 12.5. The SMILES string of the molecule is CCOC(=O)C1(C)C/C(=C\n2cnc3c(N(CC)CC)ncnc32)N=N1. The van der Waals surface area contributed by atoms with Crippen molar-refractivity contribution in [2.45, 2.75) is 39.7 Å². The van der Waals surface area contributed by atoms with Crippen molar-refractivity contribution in [1.29, 1.82) is 0 Å². The van der Waals surface area contributed by atoms with Gasteiger partial charge >= 0.3 is 5.97 Å². The molecule has 2 aromatic rings. The van der Waals surface area contributed by atoms with Crippen molar-refractivity contribution in [1.82, 2.24) is 19.5 Å². The maximum absolute atomic E-state index is 12.1. The quantitative estimate of drug-likeness (QED) is 0.737. The standard InChI is InChI=1S/C17H23N7O2/c1-5-23(6-2)14-13-15(19-10-18-14)24(11-20-13)9-12-8-17(4,22-21-12)16(25)26-7-3/h9-11H,5-8H2,1-4H3/b12-9+. The van der Waals surface area contributed by atoms with Crippen LogP contribution < -0.4 is 4.90 Å². The summed E-state index contributed by atoms with van der Waals surface area (Å²) >= 11 is 0. The van der Waals surface area contributed by atoms with E-state index < -0.39 is 5.54 Å². The number of hydrogen-bond donors (Lipinski definition) is 0. The van der Waals surface area contributed by atoms with E-state index in [1.807, 2.05) is 0 Å². The van der Waals surface area contributed by atoms with Gasteiger partial charge in [-0.2, -0.15) is 10.2 Å². The van der Waals surface area contributed by atoms with Gasteiger partial charge in [0.2, 0.25) is 0 Å². The van der Waals surface area contributed by atoms with Gasteiger partial charge in [-0.15, -0.1) is 0 Å². The zero-order valence-corrected chi connectivity index (χ0v) is 15.5. The second-order valence-electron chi connectivity index (χ2n) is 6.19. The molecular weight excluding hydrogens is 334 g/mol. The first-order valence-electron chi connectivity index (χ1n) is 8.75. The average Bonchev–Trinajstić information content (AvgIpc) is 3.22. The fraction of sp³-hybridized carbons (Fsp3) is 0.529. The lowest BCUT2D eigenvalue weighted by atomic mass is 9.99. The number of esters is 1. The average molecular weight is 357 g/mol. The molecule has 0 saturated carbocycles. The molecule has 0 N–H and O–H groups in total. The molecule has 9 heteroatoms. The summed E-state index contributed by atoms with van der Waals surface area (Å²) in [6, 6.07) is 0. The van der Waals surface area contributed by atoms with E-state index in [2.05, 4.69) is 43.9 Å². The van der Waals surface area contributed by atoms with Gasteiger partial charge in [-0.1, -0.05) is 0 Å². The number of fused-ring (bicyclic) bond motifs is 1. The summed E-state index contributed by atoms with van der Waals surface area (Å²) in [5.74, 6) is 0.440. The third kappa shape index (κ3) is 3.16. The van der Waals surface area contributed by atoms with Crippen LogP contribution in [-0.4, -0.2) is 50.7 Å². The second kappa shape index (κ2) is 7.19. The van der Waals surface area contributed by atoms with Crippen LogP contribution >= 0.6 is 0 Å². The number of hydrogen-bond acceptors (Lipinski definition) is 8. The van der Waals surface area contributed by atoms with Crippen molar-refractivity contribution < 1.29 is 9.53 Å². The van der Waals surface area contributed by atoms with Gasteiger partial charge in [0.05, 0.1) is 12.3 Å². The molecule has 1 atom stereocenters. The smallest absolute Gasteiger partial charge is 0.336 e. The topological polar surface area (TPSA) is 97.9 Å². The molecule has 0 bridgehead atoms. The summed E-state index contributed by atoms with van der Waals surface area (Å²) in [5.41, 5.74) is 1.12. The molecule has 0 aliphatic carbocycles. The van der Waals surface area contributed by atoms with Crippen LogP contribution in [0.3, 0.4) is 0 Å². The van der Waals surface area contributed by atoms with Crippen LogP contribution in [0.2, 0.25) is 0 Å². The van der Waals surface area contributed by atoms with Crippen LogP contribution in [0.1, 0.15) is 34.1 Å². The fourth-order valence-electron chi connectivity index (χ4n) is 2.92. The van der Waals surface area contributed by atoms with Crippen molar-refractivity contribution in [3.8, 4) is 0 Å². The summed E-state index contributed by atoms with van der Waals surface area (Å²) in [6.07, 6.45) is 5.38. The highest BCUT2D eigenvalue weighted by Crippen LogP contribution is 2.32. The Kier molecular flexibility index (Phi) is 4.97. The number of carbonyl (C=O) groups is 1. The van der Waals surface area contributed by atoms with E-state index >= 15 is 0 Å². The summed E-state index contributed by atoms with van der Waals surface area (Å²) < 4.78 is 6.87. The predicted octanol–water partition coefficient (Wildman–Crippen LogP) is 2.65. The van der Waals surface area contributed by atoms with Crippen molar-refractivity contribution in [3.63, 3.8) is 0 Å². The summed E-state index contributed by atoms with van der Waals surface area (Å²) in [4.78, 5) is 27.4. The van der Waals surface area contributed by atoms with Crippen LogP contribution in [0.4, 0.5) is 5.82 Å². The molecule has 1 aliphatic heterocycles. The van der Waals surface area contributed by atoms with Gasteiger partial charge in [0, 0.05) is 25.7 Å². The number of rotatable bonds is 6. The maximum atomic E-state index is 12.1. The van der Waals surface area contributed by atoms with E-state index in [0.717, 1.165) is 24.4 Å². The highest BCUT2D eigenvalue weighted by molar-refractivity contribution is 5.85. The van der Waals surface area contributed by atoms with Crippen molar-refractivity contribution >= 4 is 29.2 Å². The minimum atomic E-state index is -0.973. The molecule has 26 heavy (non-hydrogen) atoms. The lowest BCUT2D eigenvalue weighted by Gasteiger charge is -2.19. The first-order valence-corrected chi connectivity index (χ1v) is 8.75. The predicted molar refractivity (Wildman–Crippen MR) is 97.7 cm³/mol. The van der Waals surface area contributed by atoms with Gasteiger partial charge in [0.15, 0.2) is 22.5 Å². The fourth-order valence-corrected chi connectivity index (χ4v) is 2.92.